The number of amides is 2. The maximum atomic E-state index is 12.0. The normalized spacial score (nSPS) is 10.1. The van der Waals surface area contributed by atoms with E-state index >= 15 is 0 Å². The molecular weight excluding hydrogens is 296 g/mol. The van der Waals surface area contributed by atoms with Crippen LogP contribution in [0, 0.1) is 6.92 Å². The molecule has 2 amide bonds. The van der Waals surface area contributed by atoms with Crippen LogP contribution in [0.5, 0.6) is 0 Å². The quantitative estimate of drug-likeness (QED) is 0.828. The van der Waals surface area contributed by atoms with E-state index in [1.165, 1.54) is 18.7 Å². The van der Waals surface area contributed by atoms with E-state index in [9.17, 15) is 9.59 Å². The zero-order valence-electron chi connectivity index (χ0n) is 12.6. The van der Waals surface area contributed by atoms with Crippen LogP contribution in [-0.4, -0.2) is 17.6 Å². The molecule has 2 rings (SSSR count). The Balaban J connectivity index is 1.86. The molecule has 0 spiro atoms. The first kappa shape index (κ1) is 16.1. The SMILES string of the molecule is CC(=O)Nc1ccc(SCC(=O)Nc2ccccc2C)cc1. The Morgan fingerprint density at radius 3 is 2.32 bits per heavy atom. The Bertz CT molecular complexity index is 669. The van der Waals surface area contributed by atoms with E-state index in [-0.39, 0.29) is 11.8 Å². The molecule has 0 aliphatic rings. The molecule has 4 nitrogen and oxygen atoms in total. The summed E-state index contributed by atoms with van der Waals surface area (Å²) in [6.07, 6.45) is 0. The number of rotatable bonds is 5. The molecule has 2 aromatic rings. The van der Waals surface area contributed by atoms with Gasteiger partial charge in [-0.2, -0.15) is 0 Å². The topological polar surface area (TPSA) is 58.2 Å². The van der Waals surface area contributed by atoms with Gasteiger partial charge in [-0.05, 0) is 42.8 Å². The molecule has 0 aliphatic heterocycles. The van der Waals surface area contributed by atoms with Crippen molar-refractivity contribution in [3.63, 3.8) is 0 Å². The van der Waals surface area contributed by atoms with Crippen LogP contribution in [0.3, 0.4) is 0 Å². The Morgan fingerprint density at radius 1 is 1.00 bits per heavy atom. The molecular formula is C17H18N2O2S. The fourth-order valence-electron chi connectivity index (χ4n) is 1.89. The smallest absolute Gasteiger partial charge is 0.234 e. The Morgan fingerprint density at radius 2 is 1.68 bits per heavy atom. The van der Waals surface area contributed by atoms with Gasteiger partial charge < -0.3 is 10.6 Å². The third-order valence-electron chi connectivity index (χ3n) is 2.96. The second kappa shape index (κ2) is 7.66. The summed E-state index contributed by atoms with van der Waals surface area (Å²) in [5.41, 5.74) is 2.64. The molecule has 114 valence electrons. The van der Waals surface area contributed by atoms with Crippen molar-refractivity contribution in [2.24, 2.45) is 0 Å². The van der Waals surface area contributed by atoms with Crippen LogP contribution < -0.4 is 10.6 Å². The van der Waals surface area contributed by atoms with Crippen molar-refractivity contribution in [2.45, 2.75) is 18.7 Å². The highest BCUT2D eigenvalue weighted by Crippen LogP contribution is 2.21. The van der Waals surface area contributed by atoms with E-state index in [0.29, 0.717) is 5.75 Å². The van der Waals surface area contributed by atoms with Crippen molar-refractivity contribution in [3.05, 3.63) is 54.1 Å². The fraction of sp³-hybridized carbons (Fsp3) is 0.176. The number of hydrogen-bond donors (Lipinski definition) is 2. The molecule has 2 N–H and O–H groups in total. The predicted octanol–water partition coefficient (Wildman–Crippen LogP) is 3.68. The fourth-order valence-corrected chi connectivity index (χ4v) is 2.58. The number of carbonyl (C=O) groups excluding carboxylic acids is 2. The van der Waals surface area contributed by atoms with E-state index in [2.05, 4.69) is 10.6 Å². The summed E-state index contributed by atoms with van der Waals surface area (Å²) in [6, 6.07) is 15.1. The number of carbonyl (C=O) groups is 2. The molecule has 2 aromatic carbocycles. The lowest BCUT2D eigenvalue weighted by molar-refractivity contribution is -0.114. The number of hydrogen-bond acceptors (Lipinski definition) is 3. The standard InChI is InChI=1S/C17H18N2O2S/c1-12-5-3-4-6-16(12)19-17(21)11-22-15-9-7-14(8-10-15)18-13(2)20/h3-10H,11H2,1-2H3,(H,18,20)(H,19,21). The van der Waals surface area contributed by atoms with E-state index < -0.39 is 0 Å². The molecule has 0 fully saturated rings. The predicted molar refractivity (Wildman–Crippen MR) is 91.3 cm³/mol. The van der Waals surface area contributed by atoms with Crippen LogP contribution >= 0.6 is 11.8 Å². The maximum Gasteiger partial charge on any atom is 0.234 e. The van der Waals surface area contributed by atoms with E-state index in [4.69, 9.17) is 0 Å². The highest BCUT2D eigenvalue weighted by Gasteiger charge is 2.05. The summed E-state index contributed by atoms with van der Waals surface area (Å²) in [7, 11) is 0. The van der Waals surface area contributed by atoms with Gasteiger partial charge in [-0.15, -0.1) is 11.8 Å². The summed E-state index contributed by atoms with van der Waals surface area (Å²) < 4.78 is 0. The molecule has 0 saturated heterocycles. The lowest BCUT2D eigenvalue weighted by Crippen LogP contribution is -2.14. The summed E-state index contributed by atoms with van der Waals surface area (Å²) in [5, 5.41) is 5.61. The van der Waals surface area contributed by atoms with Crippen molar-refractivity contribution in [2.75, 3.05) is 16.4 Å². The van der Waals surface area contributed by atoms with E-state index in [1.807, 2.05) is 55.5 Å². The van der Waals surface area contributed by atoms with Crippen molar-refractivity contribution >= 4 is 35.0 Å². The Labute approximate surface area is 134 Å². The van der Waals surface area contributed by atoms with Crippen LogP contribution in [0.15, 0.2) is 53.4 Å². The number of benzene rings is 2. The molecule has 0 radical (unpaired) electrons. The van der Waals surface area contributed by atoms with Gasteiger partial charge in [0.05, 0.1) is 5.75 Å². The molecule has 0 aliphatic carbocycles. The van der Waals surface area contributed by atoms with Crippen molar-refractivity contribution in [1.82, 2.24) is 0 Å². The molecule has 0 heterocycles. The summed E-state index contributed by atoms with van der Waals surface area (Å²) in [4.78, 5) is 23.9. The molecule has 0 unspecified atom stereocenters. The molecule has 5 heteroatoms. The molecule has 22 heavy (non-hydrogen) atoms. The molecule has 0 atom stereocenters. The van der Waals surface area contributed by atoms with Gasteiger partial charge in [0.25, 0.3) is 0 Å². The van der Waals surface area contributed by atoms with Gasteiger partial charge in [0.15, 0.2) is 0 Å². The average Bonchev–Trinajstić information content (AvgIpc) is 2.48. The maximum absolute atomic E-state index is 12.0. The lowest BCUT2D eigenvalue weighted by atomic mass is 10.2. The monoisotopic (exact) mass is 314 g/mol. The van der Waals surface area contributed by atoms with Crippen molar-refractivity contribution in [3.8, 4) is 0 Å². The largest absolute Gasteiger partial charge is 0.326 e. The van der Waals surface area contributed by atoms with Gasteiger partial charge in [0.1, 0.15) is 0 Å². The zero-order valence-corrected chi connectivity index (χ0v) is 13.4. The first-order chi connectivity index (χ1) is 10.5. The summed E-state index contributed by atoms with van der Waals surface area (Å²) in [5.74, 6) is 0.205. The molecule has 0 bridgehead atoms. The van der Waals surface area contributed by atoms with Crippen LogP contribution in [0.1, 0.15) is 12.5 Å². The van der Waals surface area contributed by atoms with Gasteiger partial charge in [-0.25, -0.2) is 0 Å². The molecule has 0 saturated carbocycles. The third-order valence-corrected chi connectivity index (χ3v) is 3.98. The second-order valence-corrected chi connectivity index (χ2v) is 5.91. The van der Waals surface area contributed by atoms with Crippen LogP contribution in [-0.2, 0) is 9.59 Å². The number of nitrogens with one attached hydrogen (secondary N) is 2. The third kappa shape index (κ3) is 4.93. The number of aryl methyl sites for hydroxylation is 1. The lowest BCUT2D eigenvalue weighted by Gasteiger charge is -2.08. The number of thioether (sulfide) groups is 1. The highest BCUT2D eigenvalue weighted by atomic mass is 32.2. The second-order valence-electron chi connectivity index (χ2n) is 4.86. The molecule has 0 aromatic heterocycles. The van der Waals surface area contributed by atoms with Gasteiger partial charge >= 0.3 is 0 Å². The summed E-state index contributed by atoms with van der Waals surface area (Å²) in [6.45, 7) is 3.43. The summed E-state index contributed by atoms with van der Waals surface area (Å²) >= 11 is 1.46. The number of anilines is 2. The van der Waals surface area contributed by atoms with Crippen LogP contribution in [0.2, 0.25) is 0 Å². The Kier molecular flexibility index (Phi) is 5.61. The van der Waals surface area contributed by atoms with Gasteiger partial charge in [0.2, 0.25) is 11.8 Å². The van der Waals surface area contributed by atoms with Crippen molar-refractivity contribution in [1.29, 1.82) is 0 Å². The van der Waals surface area contributed by atoms with Gasteiger partial charge in [-0.1, -0.05) is 18.2 Å². The van der Waals surface area contributed by atoms with E-state index in [1.54, 1.807) is 0 Å². The number of para-hydroxylation sites is 1. The highest BCUT2D eigenvalue weighted by molar-refractivity contribution is 8.00. The minimum Gasteiger partial charge on any atom is -0.326 e. The average molecular weight is 314 g/mol. The van der Waals surface area contributed by atoms with Crippen LogP contribution in [0.25, 0.3) is 0 Å². The van der Waals surface area contributed by atoms with Crippen molar-refractivity contribution < 1.29 is 9.59 Å². The first-order valence-electron chi connectivity index (χ1n) is 6.90. The van der Waals surface area contributed by atoms with Crippen LogP contribution in [0.4, 0.5) is 11.4 Å². The minimum absolute atomic E-state index is 0.0368. The first-order valence-corrected chi connectivity index (χ1v) is 7.89. The van der Waals surface area contributed by atoms with Gasteiger partial charge in [-0.3, -0.25) is 9.59 Å². The van der Waals surface area contributed by atoms with E-state index in [0.717, 1.165) is 21.8 Å². The zero-order chi connectivity index (χ0) is 15.9. The van der Waals surface area contributed by atoms with Gasteiger partial charge in [0, 0.05) is 23.2 Å². The minimum atomic E-state index is -0.0991. The Hall–Kier alpha value is -2.27.